The van der Waals surface area contributed by atoms with E-state index in [4.69, 9.17) is 15.6 Å². The molecule has 3 N–H and O–H groups in total. The quantitative estimate of drug-likeness (QED) is 0.706. The number of hydrogen-bond acceptors (Lipinski definition) is 3. The molecule has 7 heteroatoms. The van der Waals surface area contributed by atoms with Crippen LogP contribution >= 0.6 is 31.9 Å². The highest BCUT2D eigenvalue weighted by molar-refractivity contribution is 9.11. The summed E-state index contributed by atoms with van der Waals surface area (Å²) in [5.41, 5.74) is 7.01. The highest BCUT2D eigenvalue weighted by Gasteiger charge is 2.15. The third kappa shape index (κ3) is 5.02. The van der Waals surface area contributed by atoms with Crippen LogP contribution in [0, 0.1) is 5.82 Å². The van der Waals surface area contributed by atoms with Gasteiger partial charge in [0.25, 0.3) is 0 Å². The summed E-state index contributed by atoms with van der Waals surface area (Å²) in [6.07, 6.45) is 0.205. The molecule has 23 heavy (non-hydrogen) atoms. The molecule has 0 saturated heterocycles. The van der Waals surface area contributed by atoms with Crippen LogP contribution in [0.25, 0.3) is 0 Å². The number of ether oxygens (including phenoxy) is 1. The molecule has 0 amide bonds. The van der Waals surface area contributed by atoms with Crippen molar-refractivity contribution in [1.82, 2.24) is 0 Å². The lowest BCUT2D eigenvalue weighted by atomic mass is 10.1. The molecule has 122 valence electrons. The predicted octanol–water partition coefficient (Wildman–Crippen LogP) is 3.88. The number of carbonyl (C=O) groups is 1. The van der Waals surface area contributed by atoms with Gasteiger partial charge in [0.1, 0.15) is 24.2 Å². The minimum absolute atomic E-state index is 0.205. The molecule has 0 fully saturated rings. The molecule has 0 bridgehead atoms. The molecule has 0 aromatic heterocycles. The molecule has 0 aliphatic rings. The zero-order chi connectivity index (χ0) is 17.0. The monoisotopic (exact) mass is 445 g/mol. The van der Waals surface area contributed by atoms with Crippen LogP contribution in [0.1, 0.15) is 11.1 Å². The van der Waals surface area contributed by atoms with Crippen LogP contribution in [0.4, 0.5) is 4.39 Å². The SMILES string of the molecule is NC(Cc1cc(Br)c(OCc2cccc(F)c2)c(Br)c1)C(=O)O. The lowest BCUT2D eigenvalue weighted by Gasteiger charge is -2.13. The third-order valence-electron chi connectivity index (χ3n) is 3.10. The van der Waals surface area contributed by atoms with Crippen molar-refractivity contribution in [2.24, 2.45) is 5.73 Å². The maximum atomic E-state index is 13.2. The summed E-state index contributed by atoms with van der Waals surface area (Å²) in [5, 5.41) is 8.87. The third-order valence-corrected chi connectivity index (χ3v) is 4.28. The van der Waals surface area contributed by atoms with Crippen LogP contribution in [-0.4, -0.2) is 17.1 Å². The second kappa shape index (κ2) is 7.90. The zero-order valence-corrected chi connectivity index (χ0v) is 15.1. The smallest absolute Gasteiger partial charge is 0.320 e. The molecular weight excluding hydrogens is 433 g/mol. The van der Waals surface area contributed by atoms with Crippen LogP contribution in [0.5, 0.6) is 5.75 Å². The Bertz CT molecular complexity index is 701. The number of halogens is 3. The van der Waals surface area contributed by atoms with E-state index in [0.29, 0.717) is 20.3 Å². The average Bonchev–Trinajstić information content (AvgIpc) is 2.46. The molecule has 0 heterocycles. The normalized spacial score (nSPS) is 12.0. The highest BCUT2D eigenvalue weighted by Crippen LogP contribution is 2.35. The van der Waals surface area contributed by atoms with Gasteiger partial charge in [-0.3, -0.25) is 4.79 Å². The molecule has 0 saturated carbocycles. The summed E-state index contributed by atoms with van der Waals surface area (Å²) < 4.78 is 20.2. The van der Waals surface area contributed by atoms with Crippen LogP contribution < -0.4 is 10.5 Å². The van der Waals surface area contributed by atoms with Gasteiger partial charge < -0.3 is 15.6 Å². The number of benzene rings is 2. The Morgan fingerprint density at radius 2 is 1.87 bits per heavy atom. The number of rotatable bonds is 6. The maximum Gasteiger partial charge on any atom is 0.320 e. The zero-order valence-electron chi connectivity index (χ0n) is 11.9. The fourth-order valence-electron chi connectivity index (χ4n) is 1.99. The first-order valence-electron chi connectivity index (χ1n) is 6.70. The molecule has 4 nitrogen and oxygen atoms in total. The van der Waals surface area contributed by atoms with Crippen molar-refractivity contribution in [2.45, 2.75) is 19.1 Å². The van der Waals surface area contributed by atoms with Crippen molar-refractivity contribution in [3.8, 4) is 5.75 Å². The van der Waals surface area contributed by atoms with Gasteiger partial charge >= 0.3 is 5.97 Å². The molecule has 2 aromatic rings. The van der Waals surface area contributed by atoms with Gasteiger partial charge in [-0.05, 0) is 73.7 Å². The average molecular weight is 447 g/mol. The molecular formula is C16H14Br2FNO3. The molecule has 0 aliphatic heterocycles. The number of nitrogens with two attached hydrogens (primary N) is 1. The van der Waals surface area contributed by atoms with Crippen molar-refractivity contribution in [2.75, 3.05) is 0 Å². The van der Waals surface area contributed by atoms with E-state index in [2.05, 4.69) is 31.9 Å². The summed E-state index contributed by atoms with van der Waals surface area (Å²) in [4.78, 5) is 10.8. The first-order valence-corrected chi connectivity index (χ1v) is 8.29. The van der Waals surface area contributed by atoms with E-state index in [1.807, 2.05) is 0 Å². The molecule has 0 aliphatic carbocycles. The number of carboxylic acids is 1. The fraction of sp³-hybridized carbons (Fsp3) is 0.188. The topological polar surface area (TPSA) is 72.5 Å². The van der Waals surface area contributed by atoms with Crippen molar-refractivity contribution >= 4 is 37.8 Å². The number of hydrogen-bond donors (Lipinski definition) is 2. The first-order chi connectivity index (χ1) is 10.9. The first kappa shape index (κ1) is 17.9. The Morgan fingerprint density at radius 1 is 1.22 bits per heavy atom. The Labute approximate surface area is 149 Å². The Morgan fingerprint density at radius 3 is 2.43 bits per heavy atom. The lowest BCUT2D eigenvalue weighted by Crippen LogP contribution is -2.32. The summed E-state index contributed by atoms with van der Waals surface area (Å²) in [6.45, 7) is 0.211. The summed E-state index contributed by atoms with van der Waals surface area (Å²) >= 11 is 6.79. The van der Waals surface area contributed by atoms with Gasteiger partial charge in [0.05, 0.1) is 8.95 Å². The number of carboxylic acid groups (broad SMARTS) is 1. The Kier molecular flexibility index (Phi) is 6.15. The van der Waals surface area contributed by atoms with Gasteiger partial charge in [0, 0.05) is 0 Å². The molecule has 1 unspecified atom stereocenters. The lowest BCUT2D eigenvalue weighted by molar-refractivity contribution is -0.138. The largest absolute Gasteiger partial charge is 0.487 e. The van der Waals surface area contributed by atoms with Gasteiger partial charge in [0.2, 0.25) is 0 Å². The Hall–Kier alpha value is -1.44. The van der Waals surface area contributed by atoms with Crippen molar-refractivity contribution in [3.05, 3.63) is 62.3 Å². The number of aliphatic carboxylic acids is 1. The van der Waals surface area contributed by atoms with Gasteiger partial charge in [-0.15, -0.1) is 0 Å². The summed E-state index contributed by atoms with van der Waals surface area (Å²) in [5.74, 6) is -0.812. The van der Waals surface area contributed by atoms with Crippen LogP contribution in [0.3, 0.4) is 0 Å². The van der Waals surface area contributed by atoms with Crippen LogP contribution in [0.2, 0.25) is 0 Å². The van der Waals surface area contributed by atoms with E-state index >= 15 is 0 Å². The van der Waals surface area contributed by atoms with E-state index < -0.39 is 12.0 Å². The van der Waals surface area contributed by atoms with Crippen molar-refractivity contribution in [3.63, 3.8) is 0 Å². The highest BCUT2D eigenvalue weighted by atomic mass is 79.9. The van der Waals surface area contributed by atoms with Crippen LogP contribution in [-0.2, 0) is 17.8 Å². The van der Waals surface area contributed by atoms with Gasteiger partial charge in [0.15, 0.2) is 0 Å². The molecule has 0 radical (unpaired) electrons. The van der Waals surface area contributed by atoms with Crippen LogP contribution in [0.15, 0.2) is 45.3 Å². The standard InChI is InChI=1S/C16H14Br2FNO3/c17-12-5-10(7-14(20)16(21)22)6-13(18)15(12)23-8-9-2-1-3-11(19)4-9/h1-6,14H,7-8,20H2,(H,21,22). The molecule has 0 spiro atoms. The predicted molar refractivity (Wildman–Crippen MR) is 91.9 cm³/mol. The van der Waals surface area contributed by atoms with E-state index in [-0.39, 0.29) is 18.8 Å². The minimum atomic E-state index is -1.05. The van der Waals surface area contributed by atoms with E-state index in [1.165, 1.54) is 12.1 Å². The van der Waals surface area contributed by atoms with Crippen molar-refractivity contribution in [1.29, 1.82) is 0 Å². The van der Waals surface area contributed by atoms with E-state index in [1.54, 1.807) is 24.3 Å². The minimum Gasteiger partial charge on any atom is -0.487 e. The summed E-state index contributed by atoms with van der Waals surface area (Å²) in [6, 6.07) is 8.72. The Balaban J connectivity index is 2.12. The summed E-state index contributed by atoms with van der Waals surface area (Å²) in [7, 11) is 0. The molecule has 1 atom stereocenters. The van der Waals surface area contributed by atoms with Gasteiger partial charge in [-0.2, -0.15) is 0 Å². The second-order valence-corrected chi connectivity index (χ2v) is 6.66. The maximum absolute atomic E-state index is 13.2. The van der Waals surface area contributed by atoms with Crippen molar-refractivity contribution < 1.29 is 19.0 Å². The molecule has 2 aromatic carbocycles. The second-order valence-electron chi connectivity index (χ2n) is 4.96. The van der Waals surface area contributed by atoms with Gasteiger partial charge in [-0.1, -0.05) is 12.1 Å². The van der Waals surface area contributed by atoms with Gasteiger partial charge in [-0.25, -0.2) is 4.39 Å². The fourth-order valence-corrected chi connectivity index (χ4v) is 3.50. The van der Waals surface area contributed by atoms with E-state index in [9.17, 15) is 9.18 Å². The molecule has 2 rings (SSSR count). The van der Waals surface area contributed by atoms with E-state index in [0.717, 1.165) is 5.56 Å².